The van der Waals surface area contributed by atoms with Crippen LogP contribution in [0.4, 0.5) is 0 Å². The Morgan fingerprint density at radius 3 is 1.48 bits per heavy atom. The first kappa shape index (κ1) is 24.8. The number of nitriles is 2. The fraction of sp³-hybridized carbons (Fsp3) is 0.0625. The van der Waals surface area contributed by atoms with E-state index in [-0.39, 0.29) is 45.5 Å². The maximum Gasteiger partial charge on any atom is 0.344 e. The zero-order valence-electron chi connectivity index (χ0n) is 21.6. The van der Waals surface area contributed by atoms with E-state index >= 15 is 0 Å². The average molecular weight is 555 g/mol. The number of rotatable bonds is 2. The van der Waals surface area contributed by atoms with Crippen LogP contribution < -0.4 is 32.2 Å². The number of fused-ring (bicyclic) bond motifs is 6. The number of hydrogen-bond donors (Lipinski definition) is 2. The molecule has 2 aliphatic heterocycles. The molecule has 3 aromatic carbocycles. The number of para-hydroxylation sites is 2. The van der Waals surface area contributed by atoms with Crippen molar-refractivity contribution in [3.8, 4) is 23.6 Å². The minimum absolute atomic E-state index is 0.00989. The quantitative estimate of drug-likeness (QED) is 0.298. The second kappa shape index (κ2) is 9.15. The van der Waals surface area contributed by atoms with Gasteiger partial charge in [0.15, 0.2) is 11.5 Å². The Morgan fingerprint density at radius 1 is 0.619 bits per heavy atom. The third-order valence-corrected chi connectivity index (χ3v) is 7.53. The molecule has 7 rings (SSSR count). The molecule has 0 radical (unpaired) electrons. The molecular formula is C32H18N4O6. The molecule has 2 aromatic heterocycles. The van der Waals surface area contributed by atoms with Crippen molar-refractivity contribution in [3.63, 3.8) is 0 Å². The fourth-order valence-electron chi connectivity index (χ4n) is 5.72. The molecule has 0 bridgehead atoms. The summed E-state index contributed by atoms with van der Waals surface area (Å²) in [6, 6.07) is 24.6. The highest BCUT2D eigenvalue weighted by Gasteiger charge is 2.38. The predicted octanol–water partition coefficient (Wildman–Crippen LogP) is 4.34. The molecule has 0 saturated carbocycles. The molecule has 2 atom stereocenters. The van der Waals surface area contributed by atoms with Crippen LogP contribution in [0.5, 0.6) is 11.5 Å². The lowest BCUT2D eigenvalue weighted by Gasteiger charge is -2.28. The van der Waals surface area contributed by atoms with E-state index in [9.17, 15) is 20.1 Å². The van der Waals surface area contributed by atoms with Crippen LogP contribution in [0.15, 0.2) is 114 Å². The van der Waals surface area contributed by atoms with Crippen molar-refractivity contribution >= 4 is 21.9 Å². The number of nitrogens with two attached hydrogens (primary N) is 2. The summed E-state index contributed by atoms with van der Waals surface area (Å²) >= 11 is 0. The van der Waals surface area contributed by atoms with Gasteiger partial charge in [0, 0.05) is 0 Å². The van der Waals surface area contributed by atoms with E-state index in [2.05, 4.69) is 12.1 Å². The molecule has 42 heavy (non-hydrogen) atoms. The number of hydrogen-bond acceptors (Lipinski definition) is 10. The summed E-state index contributed by atoms with van der Waals surface area (Å²) in [6.07, 6.45) is 0. The second-order valence-corrected chi connectivity index (χ2v) is 9.78. The molecule has 0 saturated heterocycles. The molecule has 4 N–H and O–H groups in total. The van der Waals surface area contributed by atoms with Gasteiger partial charge in [-0.3, -0.25) is 0 Å². The Balaban J connectivity index is 1.48. The molecule has 2 aliphatic rings. The Morgan fingerprint density at radius 2 is 1.05 bits per heavy atom. The van der Waals surface area contributed by atoms with Gasteiger partial charge in [0.25, 0.3) is 0 Å². The summed E-state index contributed by atoms with van der Waals surface area (Å²) in [7, 11) is 0. The third-order valence-electron chi connectivity index (χ3n) is 7.53. The zero-order chi connectivity index (χ0) is 29.1. The van der Waals surface area contributed by atoms with Gasteiger partial charge in [-0.1, -0.05) is 48.5 Å². The minimum atomic E-state index is -0.959. The number of ether oxygens (including phenoxy) is 2. The van der Waals surface area contributed by atoms with Crippen LogP contribution in [0, 0.1) is 22.7 Å². The molecule has 0 spiro atoms. The maximum atomic E-state index is 13.3. The van der Waals surface area contributed by atoms with E-state index in [1.165, 1.54) is 0 Å². The lowest BCUT2D eigenvalue weighted by molar-refractivity contribution is 0.387. The van der Waals surface area contributed by atoms with Crippen molar-refractivity contribution in [1.82, 2.24) is 0 Å². The number of benzene rings is 3. The van der Waals surface area contributed by atoms with Crippen molar-refractivity contribution in [2.75, 3.05) is 0 Å². The first-order chi connectivity index (χ1) is 20.4. The van der Waals surface area contributed by atoms with Crippen molar-refractivity contribution in [1.29, 1.82) is 10.5 Å². The average Bonchev–Trinajstić information content (AvgIpc) is 3.00. The molecule has 2 unspecified atom stereocenters. The summed E-state index contributed by atoms with van der Waals surface area (Å²) in [6.45, 7) is 0. The fourth-order valence-corrected chi connectivity index (χ4v) is 5.72. The molecule has 0 fully saturated rings. The summed E-state index contributed by atoms with van der Waals surface area (Å²) in [5.41, 5.74) is 12.8. The predicted molar refractivity (Wildman–Crippen MR) is 150 cm³/mol. The highest BCUT2D eigenvalue weighted by Crippen LogP contribution is 2.46. The van der Waals surface area contributed by atoms with Crippen LogP contribution in [0.25, 0.3) is 21.9 Å². The summed E-state index contributed by atoms with van der Waals surface area (Å²) in [5, 5.41) is 21.2. The van der Waals surface area contributed by atoms with Gasteiger partial charge in [-0.05, 0) is 35.4 Å². The van der Waals surface area contributed by atoms with Crippen LogP contribution in [0.3, 0.4) is 0 Å². The van der Waals surface area contributed by atoms with Crippen LogP contribution in [-0.4, -0.2) is 0 Å². The van der Waals surface area contributed by atoms with Gasteiger partial charge in [0.1, 0.15) is 34.5 Å². The normalized spacial score (nSPS) is 17.6. The smallest absolute Gasteiger partial charge is 0.344 e. The van der Waals surface area contributed by atoms with Gasteiger partial charge in [0.05, 0.1) is 33.7 Å². The largest absolute Gasteiger partial charge is 0.439 e. The van der Waals surface area contributed by atoms with Gasteiger partial charge >= 0.3 is 11.3 Å². The van der Waals surface area contributed by atoms with Crippen LogP contribution in [0.2, 0.25) is 0 Å². The topological polar surface area (TPSA) is 178 Å². The maximum absolute atomic E-state index is 13.3. The van der Waals surface area contributed by atoms with Gasteiger partial charge in [0.2, 0.25) is 11.8 Å². The molecular weight excluding hydrogens is 536 g/mol. The first-order valence-electron chi connectivity index (χ1n) is 12.8. The lowest BCUT2D eigenvalue weighted by Crippen LogP contribution is -2.27. The first-order valence-corrected chi connectivity index (χ1v) is 12.8. The minimum Gasteiger partial charge on any atom is -0.439 e. The van der Waals surface area contributed by atoms with Gasteiger partial charge in [-0.25, -0.2) is 9.59 Å². The Kier molecular flexibility index (Phi) is 5.39. The van der Waals surface area contributed by atoms with E-state index in [1.54, 1.807) is 72.8 Å². The molecule has 10 nitrogen and oxygen atoms in total. The van der Waals surface area contributed by atoms with E-state index in [1.807, 2.05) is 0 Å². The van der Waals surface area contributed by atoms with E-state index in [4.69, 9.17) is 29.8 Å². The van der Waals surface area contributed by atoms with Crippen LogP contribution >= 0.6 is 0 Å². The molecule has 202 valence electrons. The molecule has 10 heteroatoms. The lowest BCUT2D eigenvalue weighted by atomic mass is 9.79. The van der Waals surface area contributed by atoms with Gasteiger partial charge in [-0.15, -0.1) is 0 Å². The molecule has 0 aliphatic carbocycles. The van der Waals surface area contributed by atoms with E-state index in [0.717, 1.165) is 0 Å². The summed E-state index contributed by atoms with van der Waals surface area (Å²) < 4.78 is 22.8. The Hall–Kier alpha value is -6.26. The van der Waals surface area contributed by atoms with Crippen molar-refractivity contribution < 1.29 is 18.3 Å². The van der Waals surface area contributed by atoms with Crippen LogP contribution in [-0.2, 0) is 0 Å². The molecule has 5 aromatic rings. The number of nitrogens with zero attached hydrogens (tertiary/aromatic N) is 2. The Labute approximate surface area is 236 Å². The Bertz CT molecular complexity index is 2110. The summed E-state index contributed by atoms with van der Waals surface area (Å²) in [4.78, 5) is 26.7. The van der Waals surface area contributed by atoms with E-state index in [0.29, 0.717) is 33.1 Å². The third kappa shape index (κ3) is 3.49. The zero-order valence-corrected chi connectivity index (χ0v) is 21.6. The standard InChI is InChI=1S/C32H18N4O6/c33-13-19-23(25-27(41-29(19)35)17-8-1-3-10-21(17)39-31(25)37)15-6-5-7-16(12-15)24-20(14-34)30(36)42-28-18-9-2-4-11-22(18)40-32(38)26(24)28/h1-12,23-24H,35-36H2. The van der Waals surface area contributed by atoms with Gasteiger partial charge in [-0.2, -0.15) is 10.5 Å². The van der Waals surface area contributed by atoms with Gasteiger partial charge < -0.3 is 29.8 Å². The van der Waals surface area contributed by atoms with Crippen molar-refractivity contribution in [3.05, 3.63) is 139 Å². The van der Waals surface area contributed by atoms with Crippen LogP contribution in [0.1, 0.15) is 34.1 Å². The second-order valence-electron chi connectivity index (χ2n) is 9.78. The highest BCUT2D eigenvalue weighted by molar-refractivity contribution is 5.87. The highest BCUT2D eigenvalue weighted by atomic mass is 16.5. The van der Waals surface area contributed by atoms with E-state index < -0.39 is 23.1 Å². The van der Waals surface area contributed by atoms with Crippen molar-refractivity contribution in [2.24, 2.45) is 11.5 Å². The molecule has 0 amide bonds. The SMILES string of the molecule is N#CC1=C(N)Oc2c(c(=O)oc3ccccc23)C1c1cccc(C2C(C#N)=C(N)Oc3c2c(=O)oc2ccccc32)c1. The monoisotopic (exact) mass is 554 g/mol. The summed E-state index contributed by atoms with van der Waals surface area (Å²) in [5.74, 6) is -1.83. The number of allylic oxidation sites excluding steroid dienone is 2. The molecule has 4 heterocycles. The van der Waals surface area contributed by atoms with Crippen molar-refractivity contribution in [2.45, 2.75) is 11.8 Å².